The Balaban J connectivity index is 2.45. The molecule has 3 nitrogen and oxygen atoms in total. The largest absolute Gasteiger partial charge is 0.304 e. The summed E-state index contributed by atoms with van der Waals surface area (Å²) in [5, 5.41) is 1.64. The van der Waals surface area contributed by atoms with Crippen molar-refractivity contribution in [3.63, 3.8) is 0 Å². The van der Waals surface area contributed by atoms with Crippen LogP contribution in [0.25, 0.3) is 0 Å². The van der Waals surface area contributed by atoms with Crippen LogP contribution in [0.2, 0.25) is 0 Å². The molecule has 0 aromatic rings. The second-order valence-corrected chi connectivity index (χ2v) is 2.69. The van der Waals surface area contributed by atoms with Gasteiger partial charge in [-0.3, -0.25) is 9.80 Å². The molecule has 0 atom stereocenters. The molecule has 1 fully saturated rings. The van der Waals surface area contributed by atoms with Gasteiger partial charge < -0.3 is 5.43 Å². The van der Waals surface area contributed by atoms with E-state index in [1.165, 1.54) is 0 Å². The highest BCUT2D eigenvalue weighted by atomic mass is 16.2. The van der Waals surface area contributed by atoms with Crippen LogP contribution >= 0.6 is 0 Å². The molecule has 1 amide bonds. The molecule has 1 heterocycles. The van der Waals surface area contributed by atoms with Gasteiger partial charge in [0.15, 0.2) is 0 Å². The summed E-state index contributed by atoms with van der Waals surface area (Å²) in [5.41, 5.74) is 2.82. The molecule has 0 aromatic heterocycles. The van der Waals surface area contributed by atoms with Crippen LogP contribution in [0.3, 0.4) is 0 Å². The van der Waals surface area contributed by atoms with E-state index < -0.39 is 0 Å². The third kappa shape index (κ3) is 2.26. The Labute approximate surface area is 67.0 Å². The summed E-state index contributed by atoms with van der Waals surface area (Å²) in [6, 6.07) is 0. The maximum Gasteiger partial charge on any atom is 0.240 e. The first kappa shape index (κ1) is 8.11. The number of carbonyl (C=O) groups excluding carboxylic acids is 1. The van der Waals surface area contributed by atoms with Crippen molar-refractivity contribution in [2.24, 2.45) is 0 Å². The molecule has 0 radical (unpaired) electrons. The van der Waals surface area contributed by atoms with Crippen molar-refractivity contribution >= 4 is 5.91 Å². The molecule has 0 bridgehead atoms. The highest BCUT2D eigenvalue weighted by Crippen LogP contribution is 2.08. The fourth-order valence-corrected chi connectivity index (χ4v) is 1.23. The van der Waals surface area contributed by atoms with Gasteiger partial charge in [-0.15, -0.1) is 0 Å². The Bertz CT molecular complexity index is 156. The highest BCUT2D eigenvalue weighted by molar-refractivity contribution is 5.75. The molecule has 0 saturated carbocycles. The number of hydrogen-bond acceptors (Lipinski definition) is 2. The summed E-state index contributed by atoms with van der Waals surface area (Å²) in [6.07, 6.45) is 5.48. The zero-order chi connectivity index (χ0) is 8.10. The van der Waals surface area contributed by atoms with Crippen LogP contribution in [0, 0.1) is 0 Å². The molecular formula is C8H14N2O. The van der Waals surface area contributed by atoms with Crippen molar-refractivity contribution in [2.45, 2.75) is 25.7 Å². The Morgan fingerprint density at radius 2 is 2.27 bits per heavy atom. The molecule has 62 valence electrons. The van der Waals surface area contributed by atoms with Crippen molar-refractivity contribution in [1.82, 2.24) is 10.4 Å². The third-order valence-corrected chi connectivity index (χ3v) is 1.82. The number of carbonyl (C=O) groups is 1. The number of nitrogens with one attached hydrogen (secondary N) is 1. The minimum absolute atomic E-state index is 0.183. The first-order valence-corrected chi connectivity index (χ1v) is 4.02. The molecule has 0 spiro atoms. The second kappa shape index (κ2) is 4.01. The average molecular weight is 154 g/mol. The zero-order valence-corrected chi connectivity index (χ0v) is 6.68. The number of amides is 1. The van der Waals surface area contributed by atoms with Gasteiger partial charge in [0.25, 0.3) is 0 Å². The standard InChI is InChI=1S/C8H14N2O/c1-2-9-10-7-5-3-4-6-8(10)11/h2,9H,1,3-7H2. The van der Waals surface area contributed by atoms with Gasteiger partial charge in [0.05, 0.1) is 0 Å². The second-order valence-electron chi connectivity index (χ2n) is 2.69. The summed E-state index contributed by atoms with van der Waals surface area (Å²) in [6.45, 7) is 4.33. The Hall–Kier alpha value is -0.990. The Morgan fingerprint density at radius 3 is 3.00 bits per heavy atom. The van der Waals surface area contributed by atoms with Crippen molar-refractivity contribution in [3.05, 3.63) is 12.8 Å². The lowest BCUT2D eigenvalue weighted by Gasteiger charge is -2.19. The predicted molar refractivity (Wildman–Crippen MR) is 43.5 cm³/mol. The maximum atomic E-state index is 11.2. The quantitative estimate of drug-likeness (QED) is 0.644. The van der Waals surface area contributed by atoms with Gasteiger partial charge in [-0.05, 0) is 12.8 Å². The normalized spacial score (nSPS) is 19.3. The van der Waals surface area contributed by atoms with E-state index in [-0.39, 0.29) is 5.91 Å². The predicted octanol–water partition coefficient (Wildman–Crippen LogP) is 1.04. The monoisotopic (exact) mass is 154 g/mol. The zero-order valence-electron chi connectivity index (χ0n) is 6.68. The smallest absolute Gasteiger partial charge is 0.240 e. The molecular weight excluding hydrogens is 140 g/mol. The number of nitrogens with zero attached hydrogens (tertiary/aromatic N) is 1. The van der Waals surface area contributed by atoms with E-state index in [0.717, 1.165) is 25.8 Å². The Kier molecular flexibility index (Phi) is 2.95. The van der Waals surface area contributed by atoms with E-state index in [9.17, 15) is 4.79 Å². The van der Waals surface area contributed by atoms with Crippen LogP contribution in [0.5, 0.6) is 0 Å². The minimum atomic E-state index is 0.183. The van der Waals surface area contributed by atoms with E-state index in [1.807, 2.05) is 0 Å². The molecule has 3 heteroatoms. The van der Waals surface area contributed by atoms with Gasteiger partial charge in [0, 0.05) is 19.2 Å². The van der Waals surface area contributed by atoms with Gasteiger partial charge in [-0.1, -0.05) is 13.0 Å². The van der Waals surface area contributed by atoms with Crippen molar-refractivity contribution < 1.29 is 4.79 Å². The van der Waals surface area contributed by atoms with Crippen LogP contribution in [0.4, 0.5) is 0 Å². The summed E-state index contributed by atoms with van der Waals surface area (Å²) in [5.74, 6) is 0.183. The minimum Gasteiger partial charge on any atom is -0.304 e. The lowest BCUT2D eigenvalue weighted by atomic mass is 10.2. The van der Waals surface area contributed by atoms with E-state index in [4.69, 9.17) is 0 Å². The van der Waals surface area contributed by atoms with Crippen LogP contribution in [-0.2, 0) is 4.79 Å². The molecule has 0 unspecified atom stereocenters. The molecule has 1 N–H and O–H groups in total. The molecule has 1 aliphatic rings. The summed E-state index contributed by atoms with van der Waals surface area (Å²) < 4.78 is 0. The first-order chi connectivity index (χ1) is 5.34. The van der Waals surface area contributed by atoms with E-state index in [0.29, 0.717) is 6.42 Å². The summed E-state index contributed by atoms with van der Waals surface area (Å²) in [7, 11) is 0. The number of hydrazine groups is 1. The molecule has 0 aliphatic carbocycles. The molecule has 0 aromatic carbocycles. The van der Waals surface area contributed by atoms with E-state index in [2.05, 4.69) is 12.0 Å². The summed E-state index contributed by atoms with van der Waals surface area (Å²) >= 11 is 0. The van der Waals surface area contributed by atoms with Crippen molar-refractivity contribution in [3.8, 4) is 0 Å². The molecule has 1 aliphatic heterocycles. The fourth-order valence-electron chi connectivity index (χ4n) is 1.23. The van der Waals surface area contributed by atoms with Gasteiger partial charge >= 0.3 is 0 Å². The SMILES string of the molecule is C=CNN1CCCCCC1=O. The van der Waals surface area contributed by atoms with Gasteiger partial charge in [-0.2, -0.15) is 0 Å². The van der Waals surface area contributed by atoms with Crippen LogP contribution < -0.4 is 5.43 Å². The highest BCUT2D eigenvalue weighted by Gasteiger charge is 2.14. The maximum absolute atomic E-state index is 11.2. The topological polar surface area (TPSA) is 32.3 Å². The number of hydrogen-bond donors (Lipinski definition) is 1. The van der Waals surface area contributed by atoms with Gasteiger partial charge in [-0.25, -0.2) is 0 Å². The van der Waals surface area contributed by atoms with Crippen molar-refractivity contribution in [2.75, 3.05) is 6.54 Å². The lowest BCUT2D eigenvalue weighted by Crippen LogP contribution is -2.39. The van der Waals surface area contributed by atoms with E-state index in [1.54, 1.807) is 11.2 Å². The molecule has 1 rings (SSSR count). The van der Waals surface area contributed by atoms with Crippen LogP contribution in [0.15, 0.2) is 12.8 Å². The van der Waals surface area contributed by atoms with E-state index >= 15 is 0 Å². The third-order valence-electron chi connectivity index (χ3n) is 1.82. The van der Waals surface area contributed by atoms with Gasteiger partial charge in [0.1, 0.15) is 0 Å². The fraction of sp³-hybridized carbons (Fsp3) is 0.625. The molecule has 11 heavy (non-hydrogen) atoms. The summed E-state index contributed by atoms with van der Waals surface area (Å²) in [4.78, 5) is 11.2. The average Bonchev–Trinajstić information content (AvgIpc) is 2.18. The first-order valence-electron chi connectivity index (χ1n) is 4.02. The van der Waals surface area contributed by atoms with Gasteiger partial charge in [0.2, 0.25) is 5.91 Å². The van der Waals surface area contributed by atoms with Crippen LogP contribution in [0.1, 0.15) is 25.7 Å². The van der Waals surface area contributed by atoms with Crippen LogP contribution in [-0.4, -0.2) is 17.5 Å². The lowest BCUT2D eigenvalue weighted by molar-refractivity contribution is -0.132. The van der Waals surface area contributed by atoms with Crippen molar-refractivity contribution in [1.29, 1.82) is 0 Å². The molecule has 1 saturated heterocycles. The number of rotatable bonds is 2. The Morgan fingerprint density at radius 1 is 1.45 bits per heavy atom.